The lowest BCUT2D eigenvalue weighted by molar-refractivity contribution is 0.668. The molecule has 0 amide bonds. The Balaban J connectivity index is 0.000000101. The summed E-state index contributed by atoms with van der Waals surface area (Å²) in [7, 11) is 0. The molecule has 0 saturated carbocycles. The summed E-state index contributed by atoms with van der Waals surface area (Å²) >= 11 is 0. The standard InChI is InChI=1S/3C38H23NO2/c1-2-11-25(12-3-1)39-33-19-8-6-16-31(33)38-36(39)32-23-24(21-22-35(32)41-38)26-13-4-5-14-27(26)29-17-10-18-30-28-15-7-9-20-34(28)40-37(29)30;1-2-11-25(12-3-1)39-32-18-8-6-15-29(32)38-37(39)31-22-21-24(23-35(31)41-38)26-13-4-5-14-27(26)28-17-10-20-34-36(28)30-16-7-9-19-33(30)40-34;1-2-10-26(11-3-1)39-33-16-8-6-15-30(33)38-37(39)31-20-18-25(23-36(31)41-38)28-13-5-4-12-27(28)24-19-21-35-32(22-24)29-14-7-9-17-34(29)40-35/h3*1-23H. The van der Waals surface area contributed by atoms with Crippen molar-refractivity contribution in [2.45, 2.75) is 0 Å². The summed E-state index contributed by atoms with van der Waals surface area (Å²) in [6, 6.07) is 146. The Bertz CT molecular complexity index is 8900. The first kappa shape index (κ1) is 69.5. The van der Waals surface area contributed by atoms with Crippen LogP contribution in [0.2, 0.25) is 0 Å². The van der Waals surface area contributed by atoms with E-state index in [4.69, 9.17) is 26.5 Å². The summed E-state index contributed by atoms with van der Waals surface area (Å²) in [6.45, 7) is 0. The van der Waals surface area contributed by atoms with Crippen molar-refractivity contribution in [2.24, 2.45) is 0 Å². The molecule has 0 unspecified atom stereocenters. The van der Waals surface area contributed by atoms with Crippen molar-refractivity contribution >= 4 is 165 Å². The van der Waals surface area contributed by atoms with Gasteiger partial charge < -0.3 is 40.2 Å². The van der Waals surface area contributed by atoms with Gasteiger partial charge in [-0.2, -0.15) is 0 Å². The molecule has 0 atom stereocenters. The second-order valence-corrected chi connectivity index (χ2v) is 31.5. The Hall–Kier alpha value is -16.6. The molecule has 0 saturated heterocycles. The highest BCUT2D eigenvalue weighted by molar-refractivity contribution is 6.21. The molecular formula is C114H69N3O6. The summed E-state index contributed by atoms with van der Waals surface area (Å²) in [5.41, 5.74) is 34.6. The molecule has 123 heavy (non-hydrogen) atoms. The van der Waals surface area contributed by atoms with Gasteiger partial charge in [-0.25, -0.2) is 0 Å². The highest BCUT2D eigenvalue weighted by atomic mass is 16.4. The van der Waals surface area contributed by atoms with E-state index in [0.29, 0.717) is 0 Å². The van der Waals surface area contributed by atoms with E-state index in [0.717, 1.165) is 232 Å². The lowest BCUT2D eigenvalue weighted by Gasteiger charge is -2.12. The number of benzene rings is 18. The lowest BCUT2D eigenvalue weighted by Crippen LogP contribution is -1.93. The molecule has 9 heterocycles. The molecule has 0 aliphatic heterocycles. The van der Waals surface area contributed by atoms with Crippen LogP contribution in [0.15, 0.2) is 445 Å². The fraction of sp³-hybridized carbons (Fsp3) is 0. The molecule has 9 heteroatoms. The second-order valence-electron chi connectivity index (χ2n) is 31.5. The van der Waals surface area contributed by atoms with Gasteiger partial charge in [-0.1, -0.05) is 273 Å². The Morgan fingerprint density at radius 3 is 0.959 bits per heavy atom. The maximum absolute atomic E-state index is 6.66. The smallest absolute Gasteiger partial charge is 0.161 e. The number of para-hydroxylation sites is 10. The van der Waals surface area contributed by atoms with E-state index in [2.05, 4.69) is 390 Å². The van der Waals surface area contributed by atoms with E-state index in [1.54, 1.807) is 0 Å². The lowest BCUT2D eigenvalue weighted by atomic mass is 9.91. The van der Waals surface area contributed by atoms with Crippen LogP contribution in [-0.2, 0) is 0 Å². The van der Waals surface area contributed by atoms with Crippen molar-refractivity contribution in [3.05, 3.63) is 419 Å². The predicted octanol–water partition coefficient (Wildman–Crippen LogP) is 32.3. The Labute approximate surface area is 702 Å². The molecule has 576 valence electrons. The van der Waals surface area contributed by atoms with Crippen molar-refractivity contribution in [2.75, 3.05) is 0 Å². The summed E-state index contributed by atoms with van der Waals surface area (Å²) < 4.78 is 45.5. The highest BCUT2D eigenvalue weighted by Gasteiger charge is 2.26. The average Bonchev–Trinajstić information content (AvgIpc) is 1.57. The van der Waals surface area contributed by atoms with Crippen LogP contribution in [0.4, 0.5) is 0 Å². The first-order valence-electron chi connectivity index (χ1n) is 41.6. The van der Waals surface area contributed by atoms with Crippen LogP contribution in [0.1, 0.15) is 0 Å². The van der Waals surface area contributed by atoms with E-state index in [1.807, 2.05) is 42.5 Å². The molecular weight excluding hydrogens is 1510 g/mol. The first-order valence-corrected chi connectivity index (χ1v) is 41.6. The number of aromatic nitrogens is 3. The molecule has 0 aliphatic carbocycles. The van der Waals surface area contributed by atoms with Crippen molar-refractivity contribution < 1.29 is 26.5 Å². The predicted molar refractivity (Wildman–Crippen MR) is 506 cm³/mol. The quantitative estimate of drug-likeness (QED) is 0.143. The van der Waals surface area contributed by atoms with Gasteiger partial charge >= 0.3 is 0 Å². The van der Waals surface area contributed by atoms with Gasteiger partial charge in [0.2, 0.25) is 0 Å². The molecule has 0 bridgehead atoms. The number of furan rings is 6. The summed E-state index contributed by atoms with van der Waals surface area (Å²) in [5, 5.41) is 13.4. The van der Waals surface area contributed by atoms with Crippen LogP contribution in [-0.4, -0.2) is 13.7 Å². The normalized spacial score (nSPS) is 11.9. The van der Waals surface area contributed by atoms with Crippen LogP contribution >= 0.6 is 0 Å². The Morgan fingerprint density at radius 2 is 0.447 bits per heavy atom. The van der Waals surface area contributed by atoms with Gasteiger partial charge in [0.15, 0.2) is 16.7 Å². The van der Waals surface area contributed by atoms with Crippen molar-refractivity contribution in [3.8, 4) is 83.8 Å². The van der Waals surface area contributed by atoms with Gasteiger partial charge in [-0.3, -0.25) is 0 Å². The largest absolute Gasteiger partial charge is 0.456 e. The summed E-state index contributed by atoms with van der Waals surface area (Å²) in [4.78, 5) is 0. The van der Waals surface area contributed by atoms with E-state index in [-0.39, 0.29) is 0 Å². The van der Waals surface area contributed by atoms with E-state index in [9.17, 15) is 0 Å². The van der Waals surface area contributed by atoms with Gasteiger partial charge in [0.1, 0.15) is 66.8 Å². The number of nitrogens with zero attached hydrogens (tertiary/aromatic N) is 3. The maximum atomic E-state index is 6.66. The van der Waals surface area contributed by atoms with Gasteiger partial charge in [-0.15, -0.1) is 0 Å². The topological polar surface area (TPSA) is 93.6 Å². The van der Waals surface area contributed by atoms with Gasteiger partial charge in [0.25, 0.3) is 0 Å². The van der Waals surface area contributed by atoms with Crippen LogP contribution in [0.5, 0.6) is 0 Å². The number of fused-ring (bicyclic) bond motifs is 24. The molecule has 18 aromatic carbocycles. The molecule has 27 rings (SSSR count). The fourth-order valence-electron chi connectivity index (χ4n) is 19.2. The Morgan fingerprint density at radius 1 is 0.146 bits per heavy atom. The minimum atomic E-state index is 0.879. The molecule has 9 aromatic heterocycles. The van der Waals surface area contributed by atoms with Gasteiger partial charge in [0, 0.05) is 87.3 Å². The minimum absolute atomic E-state index is 0.879. The average molecular weight is 1580 g/mol. The highest BCUT2D eigenvalue weighted by Crippen LogP contribution is 2.49. The van der Waals surface area contributed by atoms with Gasteiger partial charge in [0.05, 0.1) is 16.6 Å². The maximum Gasteiger partial charge on any atom is 0.161 e. The molecule has 0 spiro atoms. The minimum Gasteiger partial charge on any atom is -0.456 e. The summed E-state index contributed by atoms with van der Waals surface area (Å²) in [6.07, 6.45) is 0. The third-order valence-electron chi connectivity index (χ3n) is 24.7. The number of hydrogen-bond acceptors (Lipinski definition) is 6. The van der Waals surface area contributed by atoms with Gasteiger partial charge in [-0.05, 0) is 207 Å². The monoisotopic (exact) mass is 1580 g/mol. The Kier molecular flexibility index (Phi) is 15.8. The molecule has 0 radical (unpaired) electrons. The van der Waals surface area contributed by atoms with Crippen LogP contribution < -0.4 is 0 Å². The number of hydrogen-bond donors (Lipinski definition) is 0. The third kappa shape index (κ3) is 11.1. The zero-order valence-electron chi connectivity index (χ0n) is 66.1. The van der Waals surface area contributed by atoms with E-state index < -0.39 is 0 Å². The van der Waals surface area contributed by atoms with Crippen molar-refractivity contribution in [1.29, 1.82) is 0 Å². The van der Waals surface area contributed by atoms with Crippen LogP contribution in [0, 0.1) is 0 Å². The fourth-order valence-corrected chi connectivity index (χ4v) is 19.2. The number of rotatable bonds is 9. The van der Waals surface area contributed by atoms with Crippen molar-refractivity contribution in [3.63, 3.8) is 0 Å². The SMILES string of the molecule is c1ccc(-n2c3ccccc3c3oc4cc(-c5ccccc5-c5ccc6oc7ccccc7c6c5)ccc4c32)cc1.c1ccc(-n2c3ccccc3c3oc4cc(-c5ccccc5-c5cccc6oc7ccccc7c56)ccc4c32)cc1.c1ccc(-n2c3ccccc3c3oc4ccc(-c5ccccc5-c5cccc6c5oc5ccccc56)cc4c32)cc1. The molecule has 9 nitrogen and oxygen atoms in total. The van der Waals surface area contributed by atoms with Crippen LogP contribution in [0.3, 0.4) is 0 Å². The molecule has 27 aromatic rings. The zero-order valence-corrected chi connectivity index (χ0v) is 66.1. The summed E-state index contributed by atoms with van der Waals surface area (Å²) in [5.74, 6) is 0. The zero-order chi connectivity index (χ0) is 80.7. The molecule has 0 fully saturated rings. The molecule has 0 aliphatic rings. The van der Waals surface area contributed by atoms with E-state index in [1.165, 1.54) is 16.7 Å². The third-order valence-corrected chi connectivity index (χ3v) is 24.7. The van der Waals surface area contributed by atoms with Crippen LogP contribution in [0.25, 0.3) is 249 Å². The second kappa shape index (κ2) is 28.0. The van der Waals surface area contributed by atoms with E-state index >= 15 is 0 Å². The van der Waals surface area contributed by atoms with Crippen molar-refractivity contribution in [1.82, 2.24) is 13.7 Å². The first-order chi connectivity index (χ1) is 61.0. The molecule has 0 N–H and O–H groups in total.